The Balaban J connectivity index is 2.65. The van der Waals surface area contributed by atoms with Crippen molar-refractivity contribution in [1.82, 2.24) is 4.57 Å². The van der Waals surface area contributed by atoms with Crippen molar-refractivity contribution in [3.8, 4) is 0 Å². The van der Waals surface area contributed by atoms with Crippen LogP contribution in [0.1, 0.15) is 0 Å². The maximum atomic E-state index is 13.0. The van der Waals surface area contributed by atoms with E-state index in [0.717, 1.165) is 21.9 Å². The Morgan fingerprint density at radius 3 is 2.93 bits per heavy atom. The van der Waals surface area contributed by atoms with Crippen LogP contribution in [0.15, 0.2) is 28.9 Å². The smallest absolute Gasteiger partial charge is 0.123 e. The number of nitrogens with two attached hydrogens (primary N) is 1. The minimum atomic E-state index is -0.219. The minimum absolute atomic E-state index is 0.219. The summed E-state index contributed by atoms with van der Waals surface area (Å²) in [5.74, 6) is -0.219. The lowest BCUT2D eigenvalue weighted by molar-refractivity contribution is 0.629. The molecule has 0 spiro atoms. The molecule has 0 unspecified atom stereocenters. The predicted molar refractivity (Wildman–Crippen MR) is 58.7 cm³/mol. The fourth-order valence-corrected chi connectivity index (χ4v) is 2.11. The Kier molecular flexibility index (Phi) is 2.56. The Labute approximate surface area is 89.6 Å². The molecule has 0 bridgehead atoms. The van der Waals surface area contributed by atoms with Crippen LogP contribution < -0.4 is 5.73 Å². The van der Waals surface area contributed by atoms with E-state index in [0.29, 0.717) is 6.54 Å². The molecule has 0 amide bonds. The van der Waals surface area contributed by atoms with Crippen molar-refractivity contribution in [3.63, 3.8) is 0 Å². The third-order valence-electron chi connectivity index (χ3n) is 2.16. The summed E-state index contributed by atoms with van der Waals surface area (Å²) in [5, 5.41) is 0.887. The zero-order valence-corrected chi connectivity index (χ0v) is 9.09. The molecule has 1 aromatic carbocycles. The molecule has 0 aliphatic heterocycles. The van der Waals surface area contributed by atoms with Crippen LogP contribution >= 0.6 is 15.9 Å². The zero-order chi connectivity index (χ0) is 10.1. The van der Waals surface area contributed by atoms with Gasteiger partial charge in [-0.25, -0.2) is 4.39 Å². The summed E-state index contributed by atoms with van der Waals surface area (Å²) in [6.07, 6.45) is 1.93. The van der Waals surface area contributed by atoms with Gasteiger partial charge in [0.25, 0.3) is 0 Å². The van der Waals surface area contributed by atoms with E-state index in [4.69, 9.17) is 5.73 Å². The van der Waals surface area contributed by atoms with Gasteiger partial charge in [0.2, 0.25) is 0 Å². The molecule has 4 heteroatoms. The maximum Gasteiger partial charge on any atom is 0.123 e. The van der Waals surface area contributed by atoms with Crippen molar-refractivity contribution < 1.29 is 4.39 Å². The lowest BCUT2D eigenvalue weighted by Crippen LogP contribution is -2.08. The second kappa shape index (κ2) is 3.71. The number of benzene rings is 1. The van der Waals surface area contributed by atoms with Crippen molar-refractivity contribution in [2.75, 3.05) is 6.54 Å². The molecule has 0 aliphatic carbocycles. The Morgan fingerprint density at radius 2 is 2.21 bits per heavy atom. The normalized spacial score (nSPS) is 11.1. The highest BCUT2D eigenvalue weighted by Crippen LogP contribution is 2.26. The number of aromatic nitrogens is 1. The van der Waals surface area contributed by atoms with E-state index in [1.54, 1.807) is 6.07 Å². The van der Waals surface area contributed by atoms with E-state index in [-0.39, 0.29) is 5.82 Å². The molecule has 2 nitrogen and oxygen atoms in total. The van der Waals surface area contributed by atoms with E-state index >= 15 is 0 Å². The van der Waals surface area contributed by atoms with Crippen molar-refractivity contribution in [1.29, 1.82) is 0 Å². The van der Waals surface area contributed by atoms with Gasteiger partial charge in [0.05, 0.1) is 0 Å². The number of nitrogens with zero attached hydrogens (tertiary/aromatic N) is 1. The van der Waals surface area contributed by atoms with Gasteiger partial charge in [-0.2, -0.15) is 0 Å². The lowest BCUT2D eigenvalue weighted by atomic mass is 10.2. The van der Waals surface area contributed by atoms with Gasteiger partial charge in [0.15, 0.2) is 0 Å². The molecule has 2 aromatic rings. The standard InChI is InChI=1S/C10H10BrFN2/c11-9-6-14(4-3-13)10-2-1-7(12)5-8(9)10/h1-2,5-6H,3-4,13H2. The molecule has 0 fully saturated rings. The van der Waals surface area contributed by atoms with Gasteiger partial charge in [0.1, 0.15) is 5.82 Å². The molecule has 14 heavy (non-hydrogen) atoms. The van der Waals surface area contributed by atoms with E-state index in [1.165, 1.54) is 12.1 Å². The van der Waals surface area contributed by atoms with Gasteiger partial charge in [-0.15, -0.1) is 0 Å². The quantitative estimate of drug-likeness (QED) is 0.880. The maximum absolute atomic E-state index is 13.0. The highest BCUT2D eigenvalue weighted by atomic mass is 79.9. The van der Waals surface area contributed by atoms with Crippen molar-refractivity contribution in [2.45, 2.75) is 6.54 Å². The molecule has 74 valence electrons. The Hall–Kier alpha value is -0.870. The third kappa shape index (κ3) is 1.55. The number of rotatable bonds is 2. The molecule has 0 radical (unpaired) electrons. The average molecular weight is 257 g/mol. The summed E-state index contributed by atoms with van der Waals surface area (Å²) in [5.41, 5.74) is 6.48. The molecule has 0 aliphatic rings. The fourth-order valence-electron chi connectivity index (χ4n) is 1.55. The summed E-state index contributed by atoms with van der Waals surface area (Å²) in [4.78, 5) is 0. The number of hydrogen-bond donors (Lipinski definition) is 1. The number of halogens is 2. The van der Waals surface area contributed by atoms with Crippen LogP contribution in [-0.2, 0) is 6.54 Å². The van der Waals surface area contributed by atoms with Crippen LogP contribution in [0.3, 0.4) is 0 Å². The zero-order valence-electron chi connectivity index (χ0n) is 7.50. The number of hydrogen-bond acceptors (Lipinski definition) is 1. The van der Waals surface area contributed by atoms with Crippen molar-refractivity contribution in [3.05, 3.63) is 34.7 Å². The van der Waals surface area contributed by atoms with Gasteiger partial charge in [0, 0.05) is 34.7 Å². The molecule has 1 heterocycles. The van der Waals surface area contributed by atoms with E-state index in [9.17, 15) is 4.39 Å². The first-order valence-corrected chi connectivity index (χ1v) is 5.15. The van der Waals surface area contributed by atoms with Crippen LogP contribution in [-0.4, -0.2) is 11.1 Å². The Morgan fingerprint density at radius 1 is 1.43 bits per heavy atom. The predicted octanol–water partition coefficient (Wildman–Crippen LogP) is 2.50. The van der Waals surface area contributed by atoms with Crippen LogP contribution in [0.25, 0.3) is 10.9 Å². The lowest BCUT2D eigenvalue weighted by Gasteiger charge is -2.01. The van der Waals surface area contributed by atoms with E-state index in [2.05, 4.69) is 15.9 Å². The van der Waals surface area contributed by atoms with Crippen LogP contribution in [0, 0.1) is 5.82 Å². The summed E-state index contributed by atoms with van der Waals surface area (Å²) in [6.45, 7) is 1.32. The second-order valence-electron chi connectivity index (χ2n) is 3.12. The summed E-state index contributed by atoms with van der Waals surface area (Å²) in [7, 11) is 0. The topological polar surface area (TPSA) is 30.9 Å². The second-order valence-corrected chi connectivity index (χ2v) is 3.97. The average Bonchev–Trinajstić information content (AvgIpc) is 2.44. The first-order chi connectivity index (χ1) is 6.72. The monoisotopic (exact) mass is 256 g/mol. The van der Waals surface area contributed by atoms with Crippen molar-refractivity contribution in [2.24, 2.45) is 5.73 Å². The fraction of sp³-hybridized carbons (Fsp3) is 0.200. The highest BCUT2D eigenvalue weighted by molar-refractivity contribution is 9.10. The number of fused-ring (bicyclic) bond motifs is 1. The van der Waals surface area contributed by atoms with Crippen LogP contribution in [0.2, 0.25) is 0 Å². The molecule has 0 saturated carbocycles. The summed E-state index contributed by atoms with van der Waals surface area (Å²) in [6, 6.07) is 4.75. The molecule has 0 saturated heterocycles. The molecular formula is C10H10BrFN2. The molecule has 2 N–H and O–H groups in total. The molecule has 2 rings (SSSR count). The van der Waals surface area contributed by atoms with Gasteiger partial charge in [-0.05, 0) is 34.1 Å². The van der Waals surface area contributed by atoms with Gasteiger partial charge in [-0.1, -0.05) is 0 Å². The van der Waals surface area contributed by atoms with Crippen LogP contribution in [0.5, 0.6) is 0 Å². The molecule has 0 atom stereocenters. The Bertz CT molecular complexity index is 464. The minimum Gasteiger partial charge on any atom is -0.345 e. The first-order valence-electron chi connectivity index (χ1n) is 4.36. The van der Waals surface area contributed by atoms with E-state index < -0.39 is 0 Å². The van der Waals surface area contributed by atoms with E-state index in [1.807, 2.05) is 10.8 Å². The van der Waals surface area contributed by atoms with Crippen molar-refractivity contribution >= 4 is 26.8 Å². The SMILES string of the molecule is NCCn1cc(Br)c2cc(F)ccc21. The third-order valence-corrected chi connectivity index (χ3v) is 2.80. The summed E-state index contributed by atoms with van der Waals surface area (Å²) < 4.78 is 15.9. The largest absolute Gasteiger partial charge is 0.345 e. The van der Waals surface area contributed by atoms with Gasteiger partial charge < -0.3 is 10.3 Å². The highest BCUT2D eigenvalue weighted by Gasteiger charge is 2.06. The summed E-state index contributed by atoms with van der Waals surface area (Å²) >= 11 is 3.39. The van der Waals surface area contributed by atoms with Crippen LogP contribution in [0.4, 0.5) is 4.39 Å². The van der Waals surface area contributed by atoms with Gasteiger partial charge in [-0.3, -0.25) is 0 Å². The molecular weight excluding hydrogens is 247 g/mol. The molecule has 1 aromatic heterocycles. The first kappa shape index (κ1) is 9.68. The van der Waals surface area contributed by atoms with Gasteiger partial charge >= 0.3 is 0 Å².